The molecule has 0 amide bonds. The molecular weight excluding hydrogens is 274 g/mol. The maximum Gasteiger partial charge on any atom is 0.137 e. The van der Waals surface area contributed by atoms with Crippen LogP contribution in [0.25, 0.3) is 0 Å². The Morgan fingerprint density at radius 1 is 1.30 bits per heavy atom. The number of hydrogen-bond acceptors (Lipinski definition) is 4. The predicted molar refractivity (Wildman–Crippen MR) is 82.5 cm³/mol. The second-order valence-electron chi connectivity index (χ2n) is 5.97. The fourth-order valence-corrected chi connectivity index (χ4v) is 2.82. The molecule has 1 saturated heterocycles. The summed E-state index contributed by atoms with van der Waals surface area (Å²) in [5.74, 6) is 1.75. The summed E-state index contributed by atoms with van der Waals surface area (Å²) < 4.78 is 0. The number of aryl methyl sites for hydroxylation is 1. The van der Waals surface area contributed by atoms with E-state index in [4.69, 9.17) is 11.6 Å². The van der Waals surface area contributed by atoms with Crippen LogP contribution in [0.15, 0.2) is 0 Å². The Morgan fingerprint density at radius 2 is 2.05 bits per heavy atom. The van der Waals surface area contributed by atoms with Crippen LogP contribution in [0.4, 0.5) is 5.82 Å². The first-order valence-electron chi connectivity index (χ1n) is 7.43. The molecule has 2 rings (SSSR count). The second kappa shape index (κ2) is 6.27. The Balaban J connectivity index is 2.27. The SMILES string of the molecule is CCCc1nc(Cl)c(C)c(N2CCCC(C)(O)CC2)n1. The highest BCUT2D eigenvalue weighted by Gasteiger charge is 2.26. The lowest BCUT2D eigenvalue weighted by Gasteiger charge is -2.25. The van der Waals surface area contributed by atoms with Crippen molar-refractivity contribution in [3.05, 3.63) is 16.5 Å². The molecule has 0 saturated carbocycles. The molecule has 1 N–H and O–H groups in total. The molecule has 1 fully saturated rings. The Hall–Kier alpha value is -0.870. The second-order valence-corrected chi connectivity index (χ2v) is 6.32. The first-order valence-corrected chi connectivity index (χ1v) is 7.81. The van der Waals surface area contributed by atoms with Crippen molar-refractivity contribution in [3.8, 4) is 0 Å². The zero-order valence-corrected chi connectivity index (χ0v) is 13.4. The Labute approximate surface area is 126 Å². The molecule has 1 aliphatic heterocycles. The molecule has 4 nitrogen and oxygen atoms in total. The van der Waals surface area contributed by atoms with Crippen molar-refractivity contribution in [1.29, 1.82) is 0 Å². The summed E-state index contributed by atoms with van der Waals surface area (Å²) in [6, 6.07) is 0. The topological polar surface area (TPSA) is 49.2 Å². The summed E-state index contributed by atoms with van der Waals surface area (Å²) in [4.78, 5) is 11.3. The van der Waals surface area contributed by atoms with Gasteiger partial charge in [0.25, 0.3) is 0 Å². The third kappa shape index (κ3) is 3.61. The van der Waals surface area contributed by atoms with E-state index >= 15 is 0 Å². The molecule has 1 aromatic rings. The highest BCUT2D eigenvalue weighted by molar-refractivity contribution is 6.30. The van der Waals surface area contributed by atoms with Crippen molar-refractivity contribution in [3.63, 3.8) is 0 Å². The summed E-state index contributed by atoms with van der Waals surface area (Å²) in [5, 5.41) is 10.7. The quantitative estimate of drug-likeness (QED) is 0.871. The molecule has 0 spiro atoms. The lowest BCUT2D eigenvalue weighted by molar-refractivity contribution is 0.0481. The van der Waals surface area contributed by atoms with Gasteiger partial charge in [0.05, 0.1) is 5.60 Å². The maximum atomic E-state index is 10.2. The van der Waals surface area contributed by atoms with Crippen LogP contribution < -0.4 is 4.90 Å². The highest BCUT2D eigenvalue weighted by Crippen LogP contribution is 2.28. The molecule has 0 aromatic carbocycles. The zero-order valence-electron chi connectivity index (χ0n) is 12.6. The van der Waals surface area contributed by atoms with E-state index in [1.54, 1.807) is 0 Å². The minimum Gasteiger partial charge on any atom is -0.390 e. The minimum absolute atomic E-state index is 0.550. The van der Waals surface area contributed by atoms with Crippen molar-refractivity contribution >= 4 is 17.4 Å². The standard InChI is InChI=1S/C15H24ClN3O/c1-4-6-12-17-13(16)11(2)14(18-12)19-9-5-7-15(3,20)8-10-19/h20H,4-10H2,1-3H3. The van der Waals surface area contributed by atoms with Crippen LogP contribution in [0.2, 0.25) is 5.15 Å². The van der Waals surface area contributed by atoms with E-state index < -0.39 is 5.60 Å². The van der Waals surface area contributed by atoms with Crippen LogP contribution in [-0.2, 0) is 6.42 Å². The first kappa shape index (κ1) is 15.5. The molecule has 1 atom stereocenters. The molecule has 0 aliphatic carbocycles. The summed E-state index contributed by atoms with van der Waals surface area (Å²) in [6.45, 7) is 7.72. The number of anilines is 1. The molecule has 2 heterocycles. The molecule has 1 unspecified atom stereocenters. The molecule has 1 aliphatic rings. The van der Waals surface area contributed by atoms with E-state index in [9.17, 15) is 5.11 Å². The molecular formula is C15H24ClN3O. The van der Waals surface area contributed by atoms with Crippen LogP contribution in [0.5, 0.6) is 0 Å². The molecule has 20 heavy (non-hydrogen) atoms. The van der Waals surface area contributed by atoms with Crippen molar-refractivity contribution in [2.75, 3.05) is 18.0 Å². The average molecular weight is 298 g/mol. The van der Waals surface area contributed by atoms with Gasteiger partial charge in [0.2, 0.25) is 0 Å². The van der Waals surface area contributed by atoms with Crippen LogP contribution in [-0.4, -0.2) is 33.8 Å². The van der Waals surface area contributed by atoms with Crippen molar-refractivity contribution < 1.29 is 5.11 Å². The predicted octanol–water partition coefficient (Wildman–Crippen LogP) is 3.13. The van der Waals surface area contributed by atoms with Crippen molar-refractivity contribution in [2.24, 2.45) is 0 Å². The lowest BCUT2D eigenvalue weighted by atomic mass is 9.98. The molecule has 5 heteroatoms. The van der Waals surface area contributed by atoms with Gasteiger partial charge in [-0.05, 0) is 39.5 Å². The highest BCUT2D eigenvalue weighted by atomic mass is 35.5. The van der Waals surface area contributed by atoms with Crippen LogP contribution >= 0.6 is 11.6 Å². The van der Waals surface area contributed by atoms with Crippen molar-refractivity contribution in [1.82, 2.24) is 9.97 Å². The largest absolute Gasteiger partial charge is 0.390 e. The third-order valence-electron chi connectivity index (χ3n) is 3.94. The molecule has 0 bridgehead atoms. The van der Waals surface area contributed by atoms with E-state index in [1.165, 1.54) is 0 Å². The number of hydrogen-bond donors (Lipinski definition) is 1. The Kier molecular flexibility index (Phi) is 4.86. The van der Waals surface area contributed by atoms with Crippen LogP contribution in [0.3, 0.4) is 0 Å². The number of rotatable bonds is 3. The lowest BCUT2D eigenvalue weighted by Crippen LogP contribution is -2.29. The summed E-state index contributed by atoms with van der Waals surface area (Å²) >= 11 is 6.24. The Morgan fingerprint density at radius 3 is 2.75 bits per heavy atom. The van der Waals surface area contributed by atoms with Gasteiger partial charge in [-0.15, -0.1) is 0 Å². The third-order valence-corrected chi connectivity index (χ3v) is 4.31. The van der Waals surface area contributed by atoms with Crippen molar-refractivity contribution in [2.45, 2.75) is 58.5 Å². The molecule has 0 radical (unpaired) electrons. The fraction of sp³-hybridized carbons (Fsp3) is 0.733. The number of aliphatic hydroxyl groups is 1. The Bertz CT molecular complexity index is 476. The summed E-state index contributed by atoms with van der Waals surface area (Å²) in [5.41, 5.74) is 0.374. The van der Waals surface area contributed by atoms with E-state index in [0.29, 0.717) is 5.15 Å². The molecule has 112 valence electrons. The van der Waals surface area contributed by atoms with E-state index in [2.05, 4.69) is 21.8 Å². The van der Waals surface area contributed by atoms with Gasteiger partial charge in [-0.3, -0.25) is 0 Å². The zero-order chi connectivity index (χ0) is 14.8. The minimum atomic E-state index is -0.564. The fourth-order valence-electron chi connectivity index (χ4n) is 2.64. The molecule has 1 aromatic heterocycles. The van der Waals surface area contributed by atoms with Gasteiger partial charge < -0.3 is 10.0 Å². The van der Waals surface area contributed by atoms with Gasteiger partial charge in [0.15, 0.2) is 0 Å². The van der Waals surface area contributed by atoms with Gasteiger partial charge in [-0.1, -0.05) is 18.5 Å². The number of halogens is 1. The average Bonchev–Trinajstić information content (AvgIpc) is 2.55. The van der Waals surface area contributed by atoms with E-state index in [0.717, 1.165) is 62.4 Å². The van der Waals surface area contributed by atoms with Crippen LogP contribution in [0, 0.1) is 6.92 Å². The summed E-state index contributed by atoms with van der Waals surface area (Å²) in [7, 11) is 0. The summed E-state index contributed by atoms with van der Waals surface area (Å²) in [6.07, 6.45) is 4.42. The smallest absolute Gasteiger partial charge is 0.137 e. The van der Waals surface area contributed by atoms with Gasteiger partial charge in [-0.25, -0.2) is 9.97 Å². The van der Waals surface area contributed by atoms with Gasteiger partial charge >= 0.3 is 0 Å². The van der Waals surface area contributed by atoms with Gasteiger partial charge in [0, 0.05) is 25.1 Å². The van der Waals surface area contributed by atoms with E-state index in [-0.39, 0.29) is 0 Å². The first-order chi connectivity index (χ1) is 9.43. The number of nitrogens with zero attached hydrogens (tertiary/aromatic N) is 3. The monoisotopic (exact) mass is 297 g/mol. The van der Waals surface area contributed by atoms with Gasteiger partial charge in [-0.2, -0.15) is 0 Å². The van der Waals surface area contributed by atoms with E-state index in [1.807, 2.05) is 13.8 Å². The van der Waals surface area contributed by atoms with Crippen LogP contribution in [0.1, 0.15) is 50.9 Å². The number of aromatic nitrogens is 2. The normalized spacial score (nSPS) is 23.8. The maximum absolute atomic E-state index is 10.2. The van der Waals surface area contributed by atoms with Gasteiger partial charge in [0.1, 0.15) is 16.8 Å².